The van der Waals surface area contributed by atoms with Crippen molar-refractivity contribution < 1.29 is 4.79 Å². The summed E-state index contributed by atoms with van der Waals surface area (Å²) >= 11 is 1.26. The van der Waals surface area contributed by atoms with E-state index in [0.29, 0.717) is 21.7 Å². The summed E-state index contributed by atoms with van der Waals surface area (Å²) in [6, 6.07) is 25.9. The lowest BCUT2D eigenvalue weighted by Gasteiger charge is -2.16. The Morgan fingerprint density at radius 2 is 1.55 bits per heavy atom. The highest BCUT2D eigenvalue weighted by molar-refractivity contribution is 8.00. The first-order valence-electron chi connectivity index (χ1n) is 9.23. The van der Waals surface area contributed by atoms with E-state index < -0.39 is 5.25 Å². The minimum absolute atomic E-state index is 0.150. The number of hydrogen-bond donors (Lipinski definition) is 1. The van der Waals surface area contributed by atoms with Gasteiger partial charge in [0.05, 0.1) is 21.8 Å². The monoisotopic (exact) mass is 401 g/mol. The second-order valence-electron chi connectivity index (χ2n) is 6.50. The molecule has 3 aromatic carbocycles. The fourth-order valence-electron chi connectivity index (χ4n) is 2.97. The van der Waals surface area contributed by atoms with Gasteiger partial charge in [-0.3, -0.25) is 14.2 Å². The number of carbonyl (C=O) groups is 1. The molecular formula is C23H19N3O2S. The molecule has 4 rings (SSSR count). The summed E-state index contributed by atoms with van der Waals surface area (Å²) in [5.74, 6) is -0.150. The molecule has 1 aromatic heterocycles. The Balaban J connectivity index is 1.72. The summed E-state index contributed by atoms with van der Waals surface area (Å²) in [6.07, 6.45) is 0. The highest BCUT2D eigenvalue weighted by Gasteiger charge is 2.20. The van der Waals surface area contributed by atoms with E-state index in [2.05, 4.69) is 10.3 Å². The highest BCUT2D eigenvalue weighted by Crippen LogP contribution is 2.25. The lowest BCUT2D eigenvalue weighted by molar-refractivity contribution is -0.115. The molecule has 0 saturated heterocycles. The molecule has 0 fully saturated rings. The SMILES string of the molecule is CC(Sc1nc2ccccc2c(=O)n1-c1ccccc1)C(=O)Nc1ccccc1. The van der Waals surface area contributed by atoms with Crippen molar-refractivity contribution in [3.63, 3.8) is 0 Å². The normalized spacial score (nSPS) is 11.9. The number of carbonyl (C=O) groups excluding carboxylic acids is 1. The number of thioether (sulfide) groups is 1. The molecule has 0 radical (unpaired) electrons. The Morgan fingerprint density at radius 1 is 0.931 bits per heavy atom. The maximum atomic E-state index is 13.2. The van der Waals surface area contributed by atoms with Gasteiger partial charge in [-0.15, -0.1) is 0 Å². The van der Waals surface area contributed by atoms with Crippen LogP contribution in [0.25, 0.3) is 16.6 Å². The first-order valence-corrected chi connectivity index (χ1v) is 10.1. The largest absolute Gasteiger partial charge is 0.325 e. The minimum atomic E-state index is -0.446. The van der Waals surface area contributed by atoms with Crippen molar-refractivity contribution >= 4 is 34.3 Å². The van der Waals surface area contributed by atoms with Gasteiger partial charge in [-0.25, -0.2) is 4.98 Å². The van der Waals surface area contributed by atoms with Gasteiger partial charge in [0.15, 0.2) is 5.16 Å². The lowest BCUT2D eigenvalue weighted by Crippen LogP contribution is -2.26. The molecule has 5 nitrogen and oxygen atoms in total. The van der Waals surface area contributed by atoms with E-state index in [4.69, 9.17) is 0 Å². The van der Waals surface area contributed by atoms with E-state index in [0.717, 1.165) is 5.69 Å². The Bertz CT molecular complexity index is 1210. The standard InChI is InChI=1S/C23H19N3O2S/c1-16(21(27)24-17-10-4-2-5-11-17)29-23-25-20-15-9-8-14-19(20)22(28)26(23)18-12-6-3-7-13-18/h2-16H,1H3,(H,24,27). The summed E-state index contributed by atoms with van der Waals surface area (Å²) in [5.41, 5.74) is 1.91. The smallest absolute Gasteiger partial charge is 0.266 e. The number of para-hydroxylation sites is 3. The van der Waals surface area contributed by atoms with E-state index in [1.807, 2.05) is 78.9 Å². The summed E-state index contributed by atoms with van der Waals surface area (Å²) in [7, 11) is 0. The predicted octanol–water partition coefficient (Wildman–Crippen LogP) is 4.51. The van der Waals surface area contributed by atoms with Gasteiger partial charge in [0.2, 0.25) is 5.91 Å². The van der Waals surface area contributed by atoms with Crippen LogP contribution in [0.2, 0.25) is 0 Å². The first-order chi connectivity index (χ1) is 14.1. The van der Waals surface area contributed by atoms with Gasteiger partial charge in [-0.2, -0.15) is 0 Å². The zero-order valence-corrected chi connectivity index (χ0v) is 16.6. The number of hydrogen-bond acceptors (Lipinski definition) is 4. The molecule has 1 heterocycles. The average molecular weight is 401 g/mol. The van der Waals surface area contributed by atoms with Gasteiger partial charge in [0.25, 0.3) is 5.56 Å². The van der Waals surface area contributed by atoms with Crippen molar-refractivity contribution in [2.45, 2.75) is 17.3 Å². The van der Waals surface area contributed by atoms with Crippen LogP contribution in [0.4, 0.5) is 5.69 Å². The zero-order chi connectivity index (χ0) is 20.2. The molecular weight excluding hydrogens is 382 g/mol. The van der Waals surface area contributed by atoms with E-state index in [1.54, 1.807) is 17.6 Å². The van der Waals surface area contributed by atoms with Gasteiger partial charge in [-0.1, -0.05) is 60.3 Å². The van der Waals surface area contributed by atoms with Gasteiger partial charge < -0.3 is 5.32 Å². The van der Waals surface area contributed by atoms with E-state index in [9.17, 15) is 9.59 Å². The lowest BCUT2D eigenvalue weighted by atomic mass is 10.2. The topological polar surface area (TPSA) is 64.0 Å². The summed E-state index contributed by atoms with van der Waals surface area (Å²) in [6.45, 7) is 1.81. The number of rotatable bonds is 5. The first kappa shape index (κ1) is 19.0. The van der Waals surface area contributed by atoms with Crippen molar-refractivity contribution in [1.29, 1.82) is 0 Å². The van der Waals surface area contributed by atoms with Gasteiger partial charge >= 0.3 is 0 Å². The van der Waals surface area contributed by atoms with Crippen molar-refractivity contribution in [3.05, 3.63) is 95.3 Å². The molecule has 29 heavy (non-hydrogen) atoms. The number of fused-ring (bicyclic) bond motifs is 1. The van der Waals surface area contributed by atoms with Crippen molar-refractivity contribution in [3.8, 4) is 5.69 Å². The van der Waals surface area contributed by atoms with Crippen molar-refractivity contribution in [2.75, 3.05) is 5.32 Å². The van der Waals surface area contributed by atoms with E-state index >= 15 is 0 Å². The van der Waals surface area contributed by atoms with Crippen LogP contribution < -0.4 is 10.9 Å². The van der Waals surface area contributed by atoms with Gasteiger partial charge in [0.1, 0.15) is 0 Å². The van der Waals surface area contributed by atoms with Crippen LogP contribution in [0.15, 0.2) is 94.9 Å². The van der Waals surface area contributed by atoms with Crippen LogP contribution >= 0.6 is 11.8 Å². The number of amides is 1. The molecule has 1 N–H and O–H groups in total. The molecule has 1 unspecified atom stereocenters. The second kappa shape index (κ2) is 8.32. The van der Waals surface area contributed by atoms with Crippen LogP contribution in [0, 0.1) is 0 Å². The Hall–Kier alpha value is -3.38. The third-order valence-electron chi connectivity index (χ3n) is 4.45. The number of aromatic nitrogens is 2. The number of anilines is 1. The molecule has 4 aromatic rings. The quantitative estimate of drug-likeness (QED) is 0.395. The number of nitrogens with zero attached hydrogens (tertiary/aromatic N) is 2. The highest BCUT2D eigenvalue weighted by atomic mass is 32.2. The number of nitrogens with one attached hydrogen (secondary N) is 1. The molecule has 0 aliphatic carbocycles. The fourth-order valence-corrected chi connectivity index (χ4v) is 3.90. The summed E-state index contributed by atoms with van der Waals surface area (Å²) in [5, 5.41) is 3.48. The summed E-state index contributed by atoms with van der Waals surface area (Å²) < 4.78 is 1.57. The third kappa shape index (κ3) is 4.07. The van der Waals surface area contributed by atoms with Crippen LogP contribution in [-0.2, 0) is 4.79 Å². The molecule has 6 heteroatoms. The zero-order valence-electron chi connectivity index (χ0n) is 15.8. The fraction of sp³-hybridized carbons (Fsp3) is 0.0870. The van der Waals surface area contributed by atoms with Gasteiger partial charge in [0, 0.05) is 5.69 Å². The van der Waals surface area contributed by atoms with Crippen LogP contribution in [0.5, 0.6) is 0 Å². The Kier molecular flexibility index (Phi) is 5.44. The molecule has 0 bridgehead atoms. The van der Waals surface area contributed by atoms with Crippen LogP contribution in [0.1, 0.15) is 6.92 Å². The van der Waals surface area contributed by atoms with Crippen LogP contribution in [0.3, 0.4) is 0 Å². The molecule has 1 atom stereocenters. The van der Waals surface area contributed by atoms with Crippen molar-refractivity contribution in [1.82, 2.24) is 9.55 Å². The van der Waals surface area contributed by atoms with E-state index in [-0.39, 0.29) is 11.5 Å². The Labute approximate surface area is 172 Å². The minimum Gasteiger partial charge on any atom is -0.325 e. The molecule has 1 amide bonds. The average Bonchev–Trinajstić information content (AvgIpc) is 2.75. The van der Waals surface area contributed by atoms with E-state index in [1.165, 1.54) is 11.8 Å². The molecule has 0 saturated carbocycles. The number of benzene rings is 3. The maximum Gasteiger partial charge on any atom is 0.266 e. The summed E-state index contributed by atoms with van der Waals surface area (Å²) in [4.78, 5) is 30.6. The van der Waals surface area contributed by atoms with Crippen LogP contribution in [-0.4, -0.2) is 20.7 Å². The molecule has 0 aliphatic heterocycles. The third-order valence-corrected chi connectivity index (χ3v) is 5.50. The molecule has 0 aliphatic rings. The molecule has 0 spiro atoms. The maximum absolute atomic E-state index is 13.2. The second-order valence-corrected chi connectivity index (χ2v) is 7.81. The van der Waals surface area contributed by atoms with Gasteiger partial charge in [-0.05, 0) is 43.3 Å². The predicted molar refractivity (Wildman–Crippen MR) is 118 cm³/mol. The van der Waals surface area contributed by atoms with Crippen molar-refractivity contribution in [2.24, 2.45) is 0 Å². The Morgan fingerprint density at radius 3 is 2.28 bits per heavy atom. The molecule has 144 valence electrons.